The molecule has 3 aromatic heterocycles. The van der Waals surface area contributed by atoms with E-state index in [9.17, 15) is 9.90 Å². The molecule has 1 aliphatic carbocycles. The topological polar surface area (TPSA) is 136 Å². The van der Waals surface area contributed by atoms with E-state index in [0.717, 1.165) is 18.4 Å². The van der Waals surface area contributed by atoms with Gasteiger partial charge in [0.2, 0.25) is 11.8 Å². The second-order valence-electron chi connectivity index (χ2n) is 8.50. The Morgan fingerprint density at radius 3 is 2.76 bits per heavy atom. The molecule has 0 amide bonds. The lowest BCUT2D eigenvalue weighted by atomic mass is 10.0. The monoisotopic (exact) mass is 454 g/mol. The maximum Gasteiger partial charge on any atom is 0.326 e. The Kier molecular flexibility index (Phi) is 4.65. The number of aromatic hydroxyl groups is 1. The number of nitrogens with zero attached hydrogens (tertiary/aromatic N) is 5. The molecule has 4 N–H and O–H groups in total. The number of aromatic amines is 2. The Bertz CT molecular complexity index is 1710. The van der Waals surface area contributed by atoms with Crippen molar-refractivity contribution < 1.29 is 5.11 Å². The van der Waals surface area contributed by atoms with Gasteiger partial charge in [-0.25, -0.2) is 9.79 Å². The van der Waals surface area contributed by atoms with E-state index in [1.165, 1.54) is 10.8 Å². The number of anilines is 1. The van der Waals surface area contributed by atoms with Gasteiger partial charge < -0.3 is 15.4 Å². The smallest absolute Gasteiger partial charge is 0.326 e. The minimum absolute atomic E-state index is 0.0544. The quantitative estimate of drug-likeness (QED) is 0.320. The first-order valence-corrected chi connectivity index (χ1v) is 11.1. The van der Waals surface area contributed by atoms with Crippen LogP contribution in [0.5, 0.6) is 5.88 Å². The van der Waals surface area contributed by atoms with Crippen molar-refractivity contribution in [3.63, 3.8) is 0 Å². The minimum atomic E-state index is -0.495. The molecule has 1 saturated carbocycles. The second kappa shape index (κ2) is 7.84. The minimum Gasteiger partial charge on any atom is -0.493 e. The lowest BCUT2D eigenvalue weighted by Gasteiger charge is -2.15. The van der Waals surface area contributed by atoms with Crippen molar-refractivity contribution in [1.82, 2.24) is 29.5 Å². The van der Waals surface area contributed by atoms with E-state index in [2.05, 4.69) is 67.6 Å². The average Bonchev–Trinajstić information content (AvgIpc) is 3.47. The third-order valence-electron chi connectivity index (χ3n) is 5.88. The van der Waals surface area contributed by atoms with Crippen LogP contribution >= 0.6 is 0 Å². The summed E-state index contributed by atoms with van der Waals surface area (Å²) >= 11 is 0. The Balaban J connectivity index is 1.43. The van der Waals surface area contributed by atoms with E-state index in [1.54, 1.807) is 16.8 Å². The highest BCUT2D eigenvalue weighted by Gasteiger charge is 2.21. The lowest BCUT2D eigenvalue weighted by Crippen LogP contribution is -2.25. The summed E-state index contributed by atoms with van der Waals surface area (Å²) in [7, 11) is 0. The fourth-order valence-corrected chi connectivity index (χ4v) is 3.90. The van der Waals surface area contributed by atoms with Gasteiger partial charge in [-0.2, -0.15) is 19.6 Å². The summed E-state index contributed by atoms with van der Waals surface area (Å²) in [6, 6.07) is 14.8. The van der Waals surface area contributed by atoms with Gasteiger partial charge in [0.05, 0.1) is 18.3 Å². The van der Waals surface area contributed by atoms with Crippen LogP contribution in [-0.4, -0.2) is 40.7 Å². The third-order valence-corrected chi connectivity index (χ3v) is 5.88. The molecule has 0 unspecified atom stereocenters. The number of hydrogen-bond acceptors (Lipinski definition) is 7. The molecule has 0 bridgehead atoms. The number of imidazole rings is 1. The number of benzene rings is 2. The highest BCUT2D eigenvalue weighted by Crippen LogP contribution is 2.23. The van der Waals surface area contributed by atoms with Gasteiger partial charge in [-0.1, -0.05) is 36.4 Å². The predicted octanol–water partition coefficient (Wildman–Crippen LogP) is 1.78. The van der Waals surface area contributed by atoms with Crippen LogP contribution in [0.15, 0.2) is 58.4 Å². The molecule has 0 aliphatic heterocycles. The highest BCUT2D eigenvalue weighted by atomic mass is 16.3. The maximum absolute atomic E-state index is 11.5. The fraction of sp³-hybridized carbons (Fsp3) is 0.208. The molecule has 10 heteroatoms. The maximum atomic E-state index is 11.5. The first-order chi connectivity index (χ1) is 16.5. The molecule has 170 valence electrons. The van der Waals surface area contributed by atoms with E-state index in [4.69, 9.17) is 4.99 Å². The van der Waals surface area contributed by atoms with E-state index in [1.807, 2.05) is 12.1 Å². The van der Waals surface area contributed by atoms with Gasteiger partial charge in [0.15, 0.2) is 5.65 Å². The van der Waals surface area contributed by atoms with Crippen LogP contribution in [0.1, 0.15) is 37.1 Å². The summed E-state index contributed by atoms with van der Waals surface area (Å²) in [5.74, 6) is 0.180. The van der Waals surface area contributed by atoms with E-state index in [0.29, 0.717) is 22.4 Å². The zero-order chi connectivity index (χ0) is 23.2. The number of fused-ring (bicyclic) bond motifs is 2. The van der Waals surface area contributed by atoms with Crippen molar-refractivity contribution in [3.05, 3.63) is 81.2 Å². The zero-order valence-corrected chi connectivity index (χ0v) is 18.4. The van der Waals surface area contributed by atoms with Gasteiger partial charge in [-0.05, 0) is 48.2 Å². The van der Waals surface area contributed by atoms with E-state index < -0.39 is 5.69 Å². The summed E-state index contributed by atoms with van der Waals surface area (Å²) in [4.78, 5) is 30.4. The number of nitrogens with one attached hydrogen (secondary N) is 3. The molecule has 1 atom stereocenters. The van der Waals surface area contributed by atoms with Crippen LogP contribution in [0.25, 0.3) is 22.5 Å². The highest BCUT2D eigenvalue weighted by molar-refractivity contribution is 5.83. The standard InChI is InChI=1S/C24H22N8O2/c1-13(15-7-6-14-4-2-3-5-16(14)10-15)26-22-29-20-17(11-19-21(33)30-24(34)28-19)12-25-32(20)23(31-22)27-18-8-9-18/h2-7,10-13,18,33H,8-9H2,1H3,(H,26,27,31)(H2,28,30,34)/t13-/m1/s1. The van der Waals surface area contributed by atoms with E-state index >= 15 is 0 Å². The molecule has 5 aromatic rings. The van der Waals surface area contributed by atoms with Crippen molar-refractivity contribution in [3.8, 4) is 5.88 Å². The van der Waals surface area contributed by atoms with E-state index in [-0.39, 0.29) is 23.7 Å². The van der Waals surface area contributed by atoms with Crippen molar-refractivity contribution in [2.45, 2.75) is 31.8 Å². The normalized spacial score (nSPS) is 15.9. The predicted molar refractivity (Wildman–Crippen MR) is 127 cm³/mol. The Morgan fingerprint density at radius 2 is 2.00 bits per heavy atom. The number of H-pyrrole nitrogens is 2. The van der Waals surface area contributed by atoms with Crippen LogP contribution in [0.2, 0.25) is 0 Å². The average molecular weight is 454 g/mol. The van der Waals surface area contributed by atoms with Crippen molar-refractivity contribution in [2.75, 3.05) is 5.32 Å². The SMILES string of the molecule is C[C@@H](Nc1nc(=NC2CC2)n2ncc(=Cc3[nH]c(=O)[nH]c3O)c2n1)c1ccc2ccccc2c1. The Morgan fingerprint density at radius 1 is 1.18 bits per heavy atom. The second-order valence-corrected chi connectivity index (χ2v) is 8.50. The molecule has 10 nitrogen and oxygen atoms in total. The molecule has 0 saturated heterocycles. The molecular formula is C24H22N8O2. The van der Waals surface area contributed by atoms with Crippen LogP contribution in [0, 0.1) is 0 Å². The van der Waals surface area contributed by atoms with Gasteiger partial charge in [0, 0.05) is 5.22 Å². The first kappa shape index (κ1) is 20.2. The molecule has 1 aliphatic rings. The Hall–Kier alpha value is -4.47. The molecule has 34 heavy (non-hydrogen) atoms. The van der Waals surface area contributed by atoms with Gasteiger partial charge >= 0.3 is 5.69 Å². The van der Waals surface area contributed by atoms with Gasteiger partial charge in [0.25, 0.3) is 5.62 Å². The first-order valence-electron chi connectivity index (χ1n) is 11.1. The molecule has 3 heterocycles. The lowest BCUT2D eigenvalue weighted by molar-refractivity contribution is 0.454. The largest absolute Gasteiger partial charge is 0.493 e. The van der Waals surface area contributed by atoms with Crippen molar-refractivity contribution in [1.29, 1.82) is 0 Å². The third kappa shape index (κ3) is 3.79. The number of hydrogen-bond donors (Lipinski definition) is 4. The molecule has 0 radical (unpaired) electrons. The van der Waals surface area contributed by atoms with Crippen molar-refractivity contribution in [2.24, 2.45) is 4.99 Å². The molecule has 2 aromatic carbocycles. The molecule has 6 rings (SSSR count). The van der Waals surface area contributed by atoms with Crippen LogP contribution in [0.3, 0.4) is 0 Å². The molecule has 1 fully saturated rings. The summed E-state index contributed by atoms with van der Waals surface area (Å²) in [5, 5.41) is 20.7. The fourth-order valence-electron chi connectivity index (χ4n) is 3.90. The van der Waals surface area contributed by atoms with Crippen LogP contribution in [0.4, 0.5) is 5.95 Å². The number of aromatic nitrogens is 6. The summed E-state index contributed by atoms with van der Waals surface area (Å²) in [6.07, 6.45) is 5.28. The summed E-state index contributed by atoms with van der Waals surface area (Å²) in [6.45, 7) is 2.06. The molecule has 0 spiro atoms. The summed E-state index contributed by atoms with van der Waals surface area (Å²) in [5.41, 5.74) is 1.85. The van der Waals surface area contributed by atoms with Crippen LogP contribution in [-0.2, 0) is 0 Å². The Labute approximate surface area is 192 Å². The van der Waals surface area contributed by atoms with Crippen LogP contribution < -0.4 is 21.8 Å². The van der Waals surface area contributed by atoms with Gasteiger partial charge in [-0.3, -0.25) is 4.98 Å². The van der Waals surface area contributed by atoms with Gasteiger partial charge in [-0.15, -0.1) is 0 Å². The van der Waals surface area contributed by atoms with Gasteiger partial charge in [0.1, 0.15) is 5.69 Å². The molecular weight excluding hydrogens is 432 g/mol. The zero-order valence-electron chi connectivity index (χ0n) is 18.4. The summed E-state index contributed by atoms with van der Waals surface area (Å²) < 4.78 is 1.58. The number of rotatable bonds is 5. The van der Waals surface area contributed by atoms with Crippen molar-refractivity contribution >= 4 is 28.4 Å².